The highest BCUT2D eigenvalue weighted by molar-refractivity contribution is 6.02. The van der Waals surface area contributed by atoms with Crippen LogP contribution >= 0.6 is 0 Å². The van der Waals surface area contributed by atoms with Gasteiger partial charge in [0.2, 0.25) is 0 Å². The summed E-state index contributed by atoms with van der Waals surface area (Å²) in [4.78, 5) is 31.0. The Kier molecular flexibility index (Phi) is 5.34. The number of ether oxygens (including phenoxy) is 1. The van der Waals surface area contributed by atoms with Crippen LogP contribution < -0.4 is 5.32 Å². The number of rotatable bonds is 6. The molecule has 1 amide bonds. The van der Waals surface area contributed by atoms with Crippen molar-refractivity contribution in [3.8, 4) is 0 Å². The van der Waals surface area contributed by atoms with Crippen LogP contribution in [0.4, 0.5) is 0 Å². The van der Waals surface area contributed by atoms with Gasteiger partial charge in [0.25, 0.3) is 5.91 Å². The lowest BCUT2D eigenvalue weighted by molar-refractivity contribution is -0.155. The summed E-state index contributed by atoms with van der Waals surface area (Å²) in [6, 6.07) is 12.5. The summed E-state index contributed by atoms with van der Waals surface area (Å²) in [7, 11) is 0. The second-order valence-electron chi connectivity index (χ2n) is 6.75. The molecule has 28 heavy (non-hydrogen) atoms. The van der Waals surface area contributed by atoms with E-state index in [4.69, 9.17) is 4.74 Å². The monoisotopic (exact) mass is 378 g/mol. The molecular weight excluding hydrogens is 356 g/mol. The molecule has 3 heterocycles. The molecule has 4 rings (SSSR count). The predicted molar refractivity (Wildman–Crippen MR) is 104 cm³/mol. The van der Waals surface area contributed by atoms with Gasteiger partial charge >= 0.3 is 5.97 Å². The predicted octanol–water partition coefficient (Wildman–Crippen LogP) is 1.58. The number of carbonyl (C=O) groups is 2. The maximum absolute atomic E-state index is 12.7. The Hall–Kier alpha value is -3.19. The minimum atomic E-state index is -0.942. The summed E-state index contributed by atoms with van der Waals surface area (Å²) < 4.78 is 7.43. The van der Waals surface area contributed by atoms with Gasteiger partial charge in [-0.05, 0) is 17.7 Å². The molecule has 0 bridgehead atoms. The van der Waals surface area contributed by atoms with Gasteiger partial charge in [0.1, 0.15) is 6.61 Å². The largest absolute Gasteiger partial charge is 0.459 e. The Morgan fingerprint density at radius 2 is 2.04 bits per heavy atom. The van der Waals surface area contributed by atoms with Gasteiger partial charge < -0.3 is 14.2 Å². The molecule has 7 nitrogen and oxygen atoms in total. The summed E-state index contributed by atoms with van der Waals surface area (Å²) in [5.41, 5.74) is 1.97. The number of pyridine rings is 1. The first kappa shape index (κ1) is 18.2. The first-order valence-electron chi connectivity index (χ1n) is 9.34. The van der Waals surface area contributed by atoms with E-state index in [1.54, 1.807) is 11.1 Å². The zero-order chi connectivity index (χ0) is 19.3. The molecule has 1 saturated heterocycles. The van der Waals surface area contributed by atoms with Gasteiger partial charge in [-0.1, -0.05) is 30.3 Å². The summed E-state index contributed by atoms with van der Waals surface area (Å²) in [6.45, 7) is 2.49. The van der Waals surface area contributed by atoms with Crippen molar-refractivity contribution >= 4 is 22.8 Å². The first-order chi connectivity index (χ1) is 13.7. The van der Waals surface area contributed by atoms with Crippen molar-refractivity contribution in [2.75, 3.05) is 19.6 Å². The summed E-state index contributed by atoms with van der Waals surface area (Å²) in [5, 5.41) is 4.04. The van der Waals surface area contributed by atoms with E-state index in [0.717, 1.165) is 16.5 Å². The number of fused-ring (bicyclic) bond motifs is 1. The van der Waals surface area contributed by atoms with E-state index in [-0.39, 0.29) is 12.5 Å². The van der Waals surface area contributed by atoms with Gasteiger partial charge in [0.15, 0.2) is 6.04 Å². The van der Waals surface area contributed by atoms with Gasteiger partial charge in [-0.2, -0.15) is 0 Å². The minimum Gasteiger partial charge on any atom is -0.459 e. The highest BCUT2D eigenvalue weighted by atomic mass is 16.5. The highest BCUT2D eigenvalue weighted by Gasteiger charge is 2.34. The van der Waals surface area contributed by atoms with Gasteiger partial charge in [-0.15, -0.1) is 0 Å². The molecule has 2 aromatic heterocycles. The molecule has 1 aromatic carbocycles. The van der Waals surface area contributed by atoms with Crippen LogP contribution in [0, 0.1) is 0 Å². The van der Waals surface area contributed by atoms with Crippen LogP contribution in [0.25, 0.3) is 10.9 Å². The normalized spacial score (nSPS) is 17.1. The summed E-state index contributed by atoms with van der Waals surface area (Å²) in [5.74, 6) is -0.765. The van der Waals surface area contributed by atoms with Crippen LogP contribution in [-0.2, 0) is 27.5 Å². The molecule has 0 saturated carbocycles. The van der Waals surface area contributed by atoms with E-state index in [1.807, 2.05) is 54.9 Å². The molecule has 3 aromatic rings. The Bertz CT molecular complexity index is 970. The fraction of sp³-hybridized carbons (Fsp3) is 0.286. The van der Waals surface area contributed by atoms with Crippen molar-refractivity contribution in [3.05, 3.63) is 66.6 Å². The number of piperazine rings is 1. The SMILES string of the molecule is O=C(OCc1ccccc1)C1NCCN(CCn2ccc3cnccc32)C1=O. The van der Waals surface area contributed by atoms with Crippen LogP contribution in [-0.4, -0.2) is 52.0 Å². The molecular formula is C21H22N4O3. The standard InChI is InChI=1S/C21H22N4O3/c26-20-19(21(27)28-15-16-4-2-1-3-5-16)23-9-11-25(20)13-12-24-10-7-17-14-22-8-6-18(17)24/h1-8,10,14,19,23H,9,11-13,15H2. The van der Waals surface area contributed by atoms with Crippen molar-refractivity contribution in [3.63, 3.8) is 0 Å². The highest BCUT2D eigenvalue weighted by Crippen LogP contribution is 2.14. The topological polar surface area (TPSA) is 76.5 Å². The molecule has 1 aliphatic rings. The first-order valence-corrected chi connectivity index (χ1v) is 9.34. The van der Waals surface area contributed by atoms with Gasteiger partial charge in [-0.3, -0.25) is 15.1 Å². The lowest BCUT2D eigenvalue weighted by atomic mass is 10.2. The van der Waals surface area contributed by atoms with Gasteiger partial charge in [0.05, 0.1) is 5.52 Å². The van der Waals surface area contributed by atoms with E-state index in [0.29, 0.717) is 26.2 Å². The van der Waals surface area contributed by atoms with Crippen LogP contribution in [0.3, 0.4) is 0 Å². The van der Waals surface area contributed by atoms with E-state index < -0.39 is 12.0 Å². The molecule has 1 unspecified atom stereocenters. The number of nitrogens with one attached hydrogen (secondary N) is 1. The molecule has 1 aliphatic heterocycles. The fourth-order valence-corrected chi connectivity index (χ4v) is 3.41. The lowest BCUT2D eigenvalue weighted by Crippen LogP contribution is -2.59. The Balaban J connectivity index is 1.35. The Morgan fingerprint density at radius 1 is 1.18 bits per heavy atom. The number of nitrogens with zero attached hydrogens (tertiary/aromatic N) is 3. The Labute approximate surface area is 162 Å². The fourth-order valence-electron chi connectivity index (χ4n) is 3.41. The van der Waals surface area contributed by atoms with Crippen molar-refractivity contribution < 1.29 is 14.3 Å². The molecule has 0 radical (unpaired) electrons. The number of esters is 1. The number of benzene rings is 1. The van der Waals surface area contributed by atoms with E-state index in [2.05, 4.69) is 14.9 Å². The molecule has 7 heteroatoms. The third-order valence-corrected chi connectivity index (χ3v) is 4.93. The quantitative estimate of drug-likeness (QED) is 0.521. The van der Waals surface area contributed by atoms with Crippen molar-refractivity contribution in [1.82, 2.24) is 19.8 Å². The van der Waals surface area contributed by atoms with Crippen LogP contribution in [0.2, 0.25) is 0 Å². The maximum atomic E-state index is 12.7. The number of hydrogen-bond acceptors (Lipinski definition) is 5. The smallest absolute Gasteiger partial charge is 0.333 e. The van der Waals surface area contributed by atoms with E-state index in [9.17, 15) is 9.59 Å². The average molecular weight is 378 g/mol. The second-order valence-corrected chi connectivity index (χ2v) is 6.75. The minimum absolute atomic E-state index is 0.161. The van der Waals surface area contributed by atoms with Crippen molar-refractivity contribution in [1.29, 1.82) is 0 Å². The number of aromatic nitrogens is 2. The molecule has 144 valence electrons. The maximum Gasteiger partial charge on any atom is 0.333 e. The van der Waals surface area contributed by atoms with E-state index >= 15 is 0 Å². The molecule has 1 fully saturated rings. The third kappa shape index (κ3) is 3.89. The third-order valence-electron chi connectivity index (χ3n) is 4.93. The lowest BCUT2D eigenvalue weighted by Gasteiger charge is -2.32. The number of hydrogen-bond donors (Lipinski definition) is 1. The van der Waals surface area contributed by atoms with Crippen LogP contribution in [0.15, 0.2) is 61.1 Å². The summed E-state index contributed by atoms with van der Waals surface area (Å²) >= 11 is 0. The van der Waals surface area contributed by atoms with Gasteiger partial charge in [-0.25, -0.2) is 4.79 Å². The van der Waals surface area contributed by atoms with Crippen molar-refractivity contribution in [2.24, 2.45) is 0 Å². The van der Waals surface area contributed by atoms with E-state index in [1.165, 1.54) is 0 Å². The van der Waals surface area contributed by atoms with Crippen molar-refractivity contribution in [2.45, 2.75) is 19.2 Å². The molecule has 0 spiro atoms. The number of carbonyl (C=O) groups excluding carboxylic acids is 2. The van der Waals surface area contributed by atoms with Gasteiger partial charge in [0, 0.05) is 50.2 Å². The number of amides is 1. The molecule has 0 aliphatic carbocycles. The zero-order valence-electron chi connectivity index (χ0n) is 15.5. The van der Waals surface area contributed by atoms with Crippen LogP contribution in [0.5, 0.6) is 0 Å². The zero-order valence-corrected chi connectivity index (χ0v) is 15.5. The molecule has 1 atom stereocenters. The average Bonchev–Trinajstić information content (AvgIpc) is 3.15. The van der Waals surface area contributed by atoms with Crippen LogP contribution in [0.1, 0.15) is 5.56 Å². The second kappa shape index (κ2) is 8.22. The molecule has 1 N–H and O–H groups in total. The Morgan fingerprint density at radius 3 is 2.89 bits per heavy atom. The summed E-state index contributed by atoms with van der Waals surface area (Å²) in [6.07, 6.45) is 5.57.